The zero-order valence-corrected chi connectivity index (χ0v) is 6.61. The highest BCUT2D eigenvalue weighted by molar-refractivity contribution is 5.20. The van der Waals surface area contributed by atoms with E-state index in [1.807, 2.05) is 18.2 Å². The van der Waals surface area contributed by atoms with Crippen molar-refractivity contribution in [2.45, 2.75) is 6.10 Å². The highest BCUT2D eigenvalue weighted by atomic mass is 19.1. The summed E-state index contributed by atoms with van der Waals surface area (Å²) in [5.41, 5.74) is 0. The third-order valence-electron chi connectivity index (χ3n) is 1.36. The number of alkyl halides is 1. The third-order valence-corrected chi connectivity index (χ3v) is 1.36. The Balaban J connectivity index is 2.33. The Kier molecular flexibility index (Phi) is 3.54. The molecule has 0 heterocycles. The van der Waals surface area contributed by atoms with Crippen LogP contribution in [0, 0.1) is 0 Å². The number of benzene rings is 1. The molecule has 0 aliphatic heterocycles. The topological polar surface area (TPSA) is 29.5 Å². The van der Waals surface area contributed by atoms with Gasteiger partial charge in [-0.3, -0.25) is 0 Å². The van der Waals surface area contributed by atoms with Gasteiger partial charge in [-0.1, -0.05) is 18.2 Å². The van der Waals surface area contributed by atoms with Gasteiger partial charge in [-0.05, 0) is 12.1 Å². The van der Waals surface area contributed by atoms with E-state index in [1.54, 1.807) is 12.1 Å². The second kappa shape index (κ2) is 4.72. The molecule has 0 saturated carbocycles. The normalized spacial score (nSPS) is 12.5. The smallest absolute Gasteiger partial charge is 0.119 e. The molecule has 0 radical (unpaired) electrons. The van der Waals surface area contributed by atoms with Crippen molar-refractivity contribution in [2.75, 3.05) is 13.3 Å². The molecule has 3 heteroatoms. The van der Waals surface area contributed by atoms with Gasteiger partial charge in [0.15, 0.2) is 0 Å². The van der Waals surface area contributed by atoms with Gasteiger partial charge in [0.1, 0.15) is 25.1 Å². The van der Waals surface area contributed by atoms with Crippen molar-refractivity contribution in [2.24, 2.45) is 0 Å². The van der Waals surface area contributed by atoms with Crippen molar-refractivity contribution in [1.29, 1.82) is 0 Å². The standard InChI is InChI=1S/C9H11FO2/c10-6-8(11)7-12-9-4-2-1-3-5-9/h1-5,8,11H,6-7H2/t8-/m1/s1. The molecule has 1 aromatic rings. The fraction of sp³-hybridized carbons (Fsp3) is 0.333. The van der Waals surface area contributed by atoms with Gasteiger partial charge in [0.25, 0.3) is 0 Å². The van der Waals surface area contributed by atoms with Crippen LogP contribution in [-0.2, 0) is 0 Å². The molecule has 1 rings (SSSR count). The van der Waals surface area contributed by atoms with Crippen molar-refractivity contribution in [3.8, 4) is 5.75 Å². The summed E-state index contributed by atoms with van der Waals surface area (Å²) in [4.78, 5) is 0. The minimum Gasteiger partial charge on any atom is -0.491 e. The van der Waals surface area contributed by atoms with Crippen molar-refractivity contribution in [1.82, 2.24) is 0 Å². The highest BCUT2D eigenvalue weighted by Gasteiger charge is 2.02. The molecule has 0 aliphatic rings. The summed E-state index contributed by atoms with van der Waals surface area (Å²) in [6, 6.07) is 9.00. The average Bonchev–Trinajstić information content (AvgIpc) is 2.16. The lowest BCUT2D eigenvalue weighted by Gasteiger charge is -2.08. The van der Waals surface area contributed by atoms with Gasteiger partial charge in [-0.15, -0.1) is 0 Å². The summed E-state index contributed by atoms with van der Waals surface area (Å²) in [6.07, 6.45) is -1.02. The Morgan fingerprint density at radius 2 is 2.00 bits per heavy atom. The lowest BCUT2D eigenvalue weighted by atomic mass is 10.3. The number of hydrogen-bond donors (Lipinski definition) is 1. The van der Waals surface area contributed by atoms with Crippen LogP contribution in [0.5, 0.6) is 5.75 Å². The van der Waals surface area contributed by atoms with Crippen LogP contribution in [0.25, 0.3) is 0 Å². The van der Waals surface area contributed by atoms with Crippen molar-refractivity contribution in [3.63, 3.8) is 0 Å². The zero-order valence-electron chi connectivity index (χ0n) is 6.61. The zero-order chi connectivity index (χ0) is 8.81. The number of hydrogen-bond acceptors (Lipinski definition) is 2. The van der Waals surface area contributed by atoms with Crippen molar-refractivity contribution in [3.05, 3.63) is 30.3 Å². The maximum Gasteiger partial charge on any atom is 0.119 e. The van der Waals surface area contributed by atoms with Crippen LogP contribution >= 0.6 is 0 Å². The molecular formula is C9H11FO2. The summed E-state index contributed by atoms with van der Waals surface area (Å²) in [5.74, 6) is 0.644. The average molecular weight is 170 g/mol. The van der Waals surface area contributed by atoms with Gasteiger partial charge in [0.2, 0.25) is 0 Å². The summed E-state index contributed by atoms with van der Waals surface area (Å²) in [6.45, 7) is -0.770. The van der Waals surface area contributed by atoms with Crippen molar-refractivity contribution < 1.29 is 14.2 Å². The molecule has 0 aliphatic carbocycles. The molecule has 0 aromatic heterocycles. The Bertz CT molecular complexity index is 213. The summed E-state index contributed by atoms with van der Waals surface area (Å²) < 4.78 is 16.8. The first-order valence-corrected chi connectivity index (χ1v) is 3.75. The minimum atomic E-state index is -1.02. The Hall–Kier alpha value is -1.09. The molecule has 0 spiro atoms. The number of aliphatic hydroxyl groups is 1. The van der Waals surface area contributed by atoms with E-state index in [1.165, 1.54) is 0 Å². The predicted octanol–water partition coefficient (Wildman–Crippen LogP) is 1.40. The third kappa shape index (κ3) is 2.88. The largest absolute Gasteiger partial charge is 0.491 e. The molecule has 66 valence electrons. The fourth-order valence-corrected chi connectivity index (χ4v) is 0.754. The van der Waals surface area contributed by atoms with Gasteiger partial charge in [0.05, 0.1) is 0 Å². The molecule has 2 nitrogen and oxygen atoms in total. The summed E-state index contributed by atoms with van der Waals surface area (Å²) in [7, 11) is 0. The molecule has 0 amide bonds. The van der Waals surface area contributed by atoms with E-state index in [4.69, 9.17) is 9.84 Å². The second-order valence-corrected chi connectivity index (χ2v) is 2.43. The quantitative estimate of drug-likeness (QED) is 0.740. The molecule has 1 atom stereocenters. The molecule has 1 N–H and O–H groups in total. The highest BCUT2D eigenvalue weighted by Crippen LogP contribution is 2.08. The lowest BCUT2D eigenvalue weighted by molar-refractivity contribution is 0.0842. The molecule has 1 aromatic carbocycles. The molecule has 0 fully saturated rings. The second-order valence-electron chi connectivity index (χ2n) is 2.43. The van der Waals surface area contributed by atoms with E-state index in [9.17, 15) is 4.39 Å². The maximum atomic E-state index is 11.8. The Morgan fingerprint density at radius 1 is 1.33 bits per heavy atom. The summed E-state index contributed by atoms with van der Waals surface area (Å²) in [5, 5.41) is 8.82. The lowest BCUT2D eigenvalue weighted by Crippen LogP contribution is -2.19. The SMILES string of the molecule is O[C@H](CF)COc1ccccc1. The maximum absolute atomic E-state index is 11.8. The first-order valence-electron chi connectivity index (χ1n) is 3.75. The van der Waals surface area contributed by atoms with Crippen LogP contribution in [0.3, 0.4) is 0 Å². The molecular weight excluding hydrogens is 159 g/mol. The van der Waals surface area contributed by atoms with E-state index < -0.39 is 12.8 Å². The van der Waals surface area contributed by atoms with Gasteiger partial charge < -0.3 is 9.84 Å². The number of aliphatic hydroxyl groups excluding tert-OH is 1. The first kappa shape index (κ1) is 9.00. The van der Waals surface area contributed by atoms with Crippen LogP contribution in [0.4, 0.5) is 4.39 Å². The minimum absolute atomic E-state index is 0.000509. The van der Waals surface area contributed by atoms with E-state index in [0.29, 0.717) is 5.75 Å². The van der Waals surface area contributed by atoms with E-state index >= 15 is 0 Å². The van der Waals surface area contributed by atoms with Gasteiger partial charge >= 0.3 is 0 Å². The van der Waals surface area contributed by atoms with Crippen LogP contribution < -0.4 is 4.74 Å². The number of ether oxygens (including phenoxy) is 1. The van der Waals surface area contributed by atoms with E-state index in [0.717, 1.165) is 0 Å². The van der Waals surface area contributed by atoms with Crippen LogP contribution in [0.15, 0.2) is 30.3 Å². The van der Waals surface area contributed by atoms with E-state index in [-0.39, 0.29) is 6.61 Å². The van der Waals surface area contributed by atoms with Gasteiger partial charge in [-0.25, -0.2) is 4.39 Å². The van der Waals surface area contributed by atoms with Crippen LogP contribution in [0.2, 0.25) is 0 Å². The molecule has 0 saturated heterocycles. The van der Waals surface area contributed by atoms with Crippen LogP contribution in [-0.4, -0.2) is 24.5 Å². The predicted molar refractivity (Wildman–Crippen MR) is 43.9 cm³/mol. The fourth-order valence-electron chi connectivity index (χ4n) is 0.754. The van der Waals surface area contributed by atoms with Crippen molar-refractivity contribution >= 4 is 0 Å². The Morgan fingerprint density at radius 3 is 2.58 bits per heavy atom. The number of halogens is 1. The first-order chi connectivity index (χ1) is 5.83. The Labute approximate surface area is 70.6 Å². The number of para-hydroxylation sites is 1. The number of rotatable bonds is 4. The molecule has 0 bridgehead atoms. The summed E-state index contributed by atoms with van der Waals surface area (Å²) >= 11 is 0. The van der Waals surface area contributed by atoms with Gasteiger partial charge in [-0.2, -0.15) is 0 Å². The monoisotopic (exact) mass is 170 g/mol. The molecule has 0 unspecified atom stereocenters. The molecule has 12 heavy (non-hydrogen) atoms. The van der Waals surface area contributed by atoms with Crippen LogP contribution in [0.1, 0.15) is 0 Å². The van der Waals surface area contributed by atoms with E-state index in [2.05, 4.69) is 0 Å². The van der Waals surface area contributed by atoms with Gasteiger partial charge in [0, 0.05) is 0 Å².